The Morgan fingerprint density at radius 3 is 2.91 bits per heavy atom. The highest BCUT2D eigenvalue weighted by atomic mass is 19.3. The lowest BCUT2D eigenvalue weighted by molar-refractivity contribution is -0.0362. The zero-order valence-corrected chi connectivity index (χ0v) is 17.7. The molecule has 0 saturated carbocycles. The van der Waals surface area contributed by atoms with Gasteiger partial charge in [-0.05, 0) is 18.2 Å². The number of anilines is 1. The Morgan fingerprint density at radius 2 is 2.18 bits per heavy atom. The smallest absolute Gasteiger partial charge is 0.322 e. The zero-order valence-electron chi connectivity index (χ0n) is 17.7. The first-order chi connectivity index (χ1) is 15.8. The molecule has 0 aliphatic carbocycles. The summed E-state index contributed by atoms with van der Waals surface area (Å²) in [6.45, 7) is -0.000736. The maximum atomic E-state index is 13.5. The fraction of sp³-hybridized carbons (Fsp3) is 0.429. The number of aromatic nitrogens is 2. The minimum absolute atomic E-state index is 0.116. The van der Waals surface area contributed by atoms with Crippen molar-refractivity contribution in [3.63, 3.8) is 0 Å². The first kappa shape index (κ1) is 22.6. The Labute approximate surface area is 187 Å². The molecule has 0 saturated heterocycles. The van der Waals surface area contributed by atoms with Crippen molar-refractivity contribution >= 4 is 17.6 Å². The molecular weight excluding hydrogens is 441 g/mol. The van der Waals surface area contributed by atoms with Gasteiger partial charge in [-0.1, -0.05) is 0 Å². The first-order valence-corrected chi connectivity index (χ1v) is 10.3. The van der Waals surface area contributed by atoms with E-state index in [0.29, 0.717) is 29.9 Å². The van der Waals surface area contributed by atoms with Gasteiger partial charge in [0.1, 0.15) is 24.2 Å². The molecule has 2 aliphatic rings. The van der Waals surface area contributed by atoms with Gasteiger partial charge in [0.25, 0.3) is 12.3 Å². The highest BCUT2D eigenvalue weighted by Crippen LogP contribution is 2.26. The maximum Gasteiger partial charge on any atom is 0.322 e. The van der Waals surface area contributed by atoms with Gasteiger partial charge in [0.2, 0.25) is 0 Å². The molecule has 33 heavy (non-hydrogen) atoms. The Hall–Kier alpha value is -3.59. The van der Waals surface area contributed by atoms with E-state index in [1.165, 1.54) is 26.6 Å². The molecule has 2 aliphatic heterocycles. The van der Waals surface area contributed by atoms with Crippen LogP contribution in [-0.2, 0) is 24.2 Å². The van der Waals surface area contributed by atoms with Gasteiger partial charge in [-0.15, -0.1) is 0 Å². The Kier molecular flexibility index (Phi) is 6.24. The molecule has 174 valence electrons. The lowest BCUT2D eigenvalue weighted by Gasteiger charge is -2.27. The van der Waals surface area contributed by atoms with Crippen molar-refractivity contribution in [2.24, 2.45) is 0 Å². The van der Waals surface area contributed by atoms with Crippen LogP contribution in [0.4, 0.5) is 23.7 Å². The molecule has 0 unspecified atom stereocenters. The van der Waals surface area contributed by atoms with E-state index in [1.54, 1.807) is 13.1 Å². The summed E-state index contributed by atoms with van der Waals surface area (Å²) in [7, 11) is 1.56. The van der Waals surface area contributed by atoms with Gasteiger partial charge in [0.15, 0.2) is 0 Å². The van der Waals surface area contributed by atoms with E-state index in [9.17, 15) is 22.8 Å². The van der Waals surface area contributed by atoms with E-state index in [1.807, 2.05) is 0 Å². The Bertz CT molecular complexity index is 1130. The van der Waals surface area contributed by atoms with Crippen LogP contribution in [-0.4, -0.2) is 70.8 Å². The second-order valence-electron chi connectivity index (χ2n) is 7.90. The highest BCUT2D eigenvalue weighted by Gasteiger charge is 2.35. The summed E-state index contributed by atoms with van der Waals surface area (Å²) in [6.07, 6.45) is -2.85. The third-order valence-electron chi connectivity index (χ3n) is 5.59. The van der Waals surface area contributed by atoms with E-state index < -0.39 is 31.0 Å². The molecule has 4 rings (SSSR count). The summed E-state index contributed by atoms with van der Waals surface area (Å²) >= 11 is 0. The van der Waals surface area contributed by atoms with Crippen molar-refractivity contribution in [2.45, 2.75) is 32.0 Å². The number of hydrogen-bond donors (Lipinski definition) is 1. The van der Waals surface area contributed by atoms with Crippen LogP contribution >= 0.6 is 0 Å². The van der Waals surface area contributed by atoms with Gasteiger partial charge >= 0.3 is 6.03 Å². The summed E-state index contributed by atoms with van der Waals surface area (Å²) in [5.74, 6) is -1.01. The number of hydrogen-bond acceptors (Lipinski definition) is 5. The third-order valence-corrected chi connectivity index (χ3v) is 5.59. The molecule has 9 nitrogen and oxygen atoms in total. The van der Waals surface area contributed by atoms with Crippen LogP contribution in [0.5, 0.6) is 0 Å². The molecule has 1 N–H and O–H groups in total. The molecule has 1 atom stereocenters. The zero-order chi connectivity index (χ0) is 23.7. The fourth-order valence-corrected chi connectivity index (χ4v) is 4.00. The normalized spacial score (nSPS) is 17.9. The number of nitrogens with one attached hydrogen (secondary N) is 1. The molecule has 1 aromatic carbocycles. The number of carbonyl (C=O) groups excluding carboxylic acids is 2. The number of alkyl halides is 2. The number of nitriles is 1. The van der Waals surface area contributed by atoms with E-state index >= 15 is 0 Å². The number of fused-ring (bicyclic) bond motifs is 3. The number of rotatable bonds is 4. The number of amides is 3. The predicted molar refractivity (Wildman–Crippen MR) is 109 cm³/mol. The molecule has 0 bridgehead atoms. The predicted octanol–water partition coefficient (Wildman–Crippen LogP) is 2.22. The number of urea groups is 1. The van der Waals surface area contributed by atoms with Crippen molar-refractivity contribution in [1.82, 2.24) is 19.6 Å². The van der Waals surface area contributed by atoms with Crippen LogP contribution in [0, 0.1) is 17.1 Å². The second-order valence-corrected chi connectivity index (χ2v) is 7.90. The molecule has 2 aromatic rings. The van der Waals surface area contributed by atoms with Gasteiger partial charge < -0.3 is 19.9 Å². The summed E-state index contributed by atoms with van der Waals surface area (Å²) in [4.78, 5) is 28.7. The summed E-state index contributed by atoms with van der Waals surface area (Å²) < 4.78 is 45.4. The van der Waals surface area contributed by atoms with Crippen LogP contribution in [0.25, 0.3) is 0 Å². The van der Waals surface area contributed by atoms with Gasteiger partial charge in [-0.3, -0.25) is 9.48 Å². The summed E-state index contributed by atoms with van der Waals surface area (Å²) in [5, 5.41) is 16.1. The average Bonchev–Trinajstić information content (AvgIpc) is 3.09. The quantitative estimate of drug-likeness (QED) is 0.751. The lowest BCUT2D eigenvalue weighted by Crippen LogP contribution is -2.40. The molecule has 3 heterocycles. The second kappa shape index (κ2) is 9.11. The van der Waals surface area contributed by atoms with Crippen LogP contribution in [0.2, 0.25) is 0 Å². The summed E-state index contributed by atoms with van der Waals surface area (Å²) in [6, 6.07) is 4.95. The fourth-order valence-electron chi connectivity index (χ4n) is 4.00. The van der Waals surface area contributed by atoms with E-state index in [2.05, 4.69) is 10.4 Å². The lowest BCUT2D eigenvalue weighted by atomic mass is 10.0. The molecule has 0 radical (unpaired) electrons. The van der Waals surface area contributed by atoms with Crippen LogP contribution in [0.1, 0.15) is 27.3 Å². The van der Waals surface area contributed by atoms with E-state index in [0.717, 1.165) is 6.07 Å². The van der Waals surface area contributed by atoms with Crippen LogP contribution in [0.15, 0.2) is 18.2 Å². The Morgan fingerprint density at radius 1 is 1.39 bits per heavy atom. The number of nitrogens with zero attached hydrogens (tertiary/aromatic N) is 5. The molecule has 0 fully saturated rings. The third kappa shape index (κ3) is 4.63. The van der Waals surface area contributed by atoms with Crippen molar-refractivity contribution in [1.29, 1.82) is 5.26 Å². The molecular formula is C21H21F3N6O3. The largest absolute Gasteiger partial charge is 0.369 e. The van der Waals surface area contributed by atoms with Gasteiger partial charge in [0.05, 0.1) is 30.5 Å². The van der Waals surface area contributed by atoms with Crippen molar-refractivity contribution in [3.8, 4) is 6.07 Å². The number of halogens is 3. The molecule has 3 amide bonds. The van der Waals surface area contributed by atoms with E-state index in [-0.39, 0.29) is 36.8 Å². The van der Waals surface area contributed by atoms with Gasteiger partial charge in [-0.2, -0.15) is 10.4 Å². The van der Waals surface area contributed by atoms with Gasteiger partial charge in [0, 0.05) is 37.8 Å². The molecule has 1 aromatic heterocycles. The summed E-state index contributed by atoms with van der Waals surface area (Å²) in [5.41, 5.74) is 1.65. The SMILES string of the molecule is CN1C[C@H](OCC(F)F)Cn2nc3c(c2C1=O)CN(C(=O)Nc1ccc(F)c(C#N)c1)CC3. The Balaban J connectivity index is 1.53. The van der Waals surface area contributed by atoms with Crippen LogP contribution < -0.4 is 5.32 Å². The minimum Gasteiger partial charge on any atom is -0.369 e. The standard InChI is InChI=1S/C21H21F3N6O3/c1-28-8-14(33-11-18(23)24)9-30-19(20(28)31)15-10-29(5-4-17(15)27-30)21(32)26-13-2-3-16(22)12(6-13)7-25/h2-3,6,14,18H,4-5,8-11H2,1H3,(H,26,32)/t14-/m0/s1. The van der Waals surface area contributed by atoms with Crippen molar-refractivity contribution in [2.75, 3.05) is 32.1 Å². The average molecular weight is 462 g/mol. The van der Waals surface area contributed by atoms with Crippen molar-refractivity contribution in [3.05, 3.63) is 46.5 Å². The number of ether oxygens (including phenoxy) is 1. The monoisotopic (exact) mass is 462 g/mol. The van der Waals surface area contributed by atoms with Crippen molar-refractivity contribution < 1.29 is 27.5 Å². The van der Waals surface area contributed by atoms with Gasteiger partial charge in [-0.25, -0.2) is 18.0 Å². The molecule has 0 spiro atoms. The topological polar surface area (TPSA) is 103 Å². The maximum absolute atomic E-state index is 13.5. The molecule has 12 heteroatoms. The number of carbonyl (C=O) groups is 2. The van der Waals surface area contributed by atoms with Crippen LogP contribution in [0.3, 0.4) is 0 Å². The number of benzene rings is 1. The number of likely N-dealkylation sites (N-methyl/N-ethyl adjacent to an activating group) is 1. The van der Waals surface area contributed by atoms with E-state index in [4.69, 9.17) is 10.00 Å². The first-order valence-electron chi connectivity index (χ1n) is 10.3. The minimum atomic E-state index is -2.61. The highest BCUT2D eigenvalue weighted by molar-refractivity contribution is 5.95.